The summed E-state index contributed by atoms with van der Waals surface area (Å²) in [6.45, 7) is 1.24. The normalized spacial score (nSPS) is 14.1. The van der Waals surface area contributed by atoms with Gasteiger partial charge in [0.15, 0.2) is 6.04 Å². The predicted octanol–water partition coefficient (Wildman–Crippen LogP) is -1.73. The summed E-state index contributed by atoms with van der Waals surface area (Å²) in [7, 11) is 0. The highest BCUT2D eigenvalue weighted by Gasteiger charge is 2.25. The Labute approximate surface area is 89.3 Å². The third-order valence-corrected chi connectivity index (χ3v) is 1.88. The number of aliphatic hydroxyl groups excluding tert-OH is 1. The van der Waals surface area contributed by atoms with E-state index in [1.165, 1.54) is 6.92 Å². The average molecular weight is 229 g/mol. The van der Waals surface area contributed by atoms with E-state index in [2.05, 4.69) is 15.3 Å². The molecule has 0 radical (unpaired) electrons. The van der Waals surface area contributed by atoms with Gasteiger partial charge in [-0.25, -0.2) is 9.59 Å². The van der Waals surface area contributed by atoms with Crippen LogP contribution in [-0.4, -0.2) is 44.2 Å². The Hall–Kier alpha value is -2.09. The smallest absolute Gasteiger partial charge is 0.328 e. The van der Waals surface area contributed by atoms with Crippen molar-refractivity contribution >= 4 is 11.9 Å². The number of hydrogen-bond donors (Lipinski definition) is 5. The van der Waals surface area contributed by atoms with Crippen molar-refractivity contribution in [3.05, 3.63) is 22.4 Å². The second kappa shape index (κ2) is 4.62. The van der Waals surface area contributed by atoms with E-state index < -0.39 is 29.7 Å². The average Bonchev–Trinajstić information content (AvgIpc) is 2.59. The number of aliphatic hydroxyl groups is 1. The highest BCUT2D eigenvalue weighted by atomic mass is 16.4. The number of nitrogens with one attached hydrogen (secondary N) is 3. The van der Waals surface area contributed by atoms with Crippen LogP contribution in [0.25, 0.3) is 0 Å². The molecule has 0 bridgehead atoms. The number of H-pyrrole nitrogens is 2. The standard InChI is InChI=1S/C8H11N3O5/c1-3(12)5(7(14)15)11-6(13)4-2-9-8(16)10-4/h2-3,5,12H,1H3,(H,11,13)(H,14,15)(H2,9,10,16)/t3-,5+/m1/s1. The summed E-state index contributed by atoms with van der Waals surface area (Å²) in [5.74, 6) is -2.15. The van der Waals surface area contributed by atoms with Crippen LogP contribution in [0.5, 0.6) is 0 Å². The van der Waals surface area contributed by atoms with Gasteiger partial charge < -0.3 is 25.5 Å². The number of imidazole rings is 1. The van der Waals surface area contributed by atoms with Gasteiger partial charge in [0.05, 0.1) is 6.10 Å². The molecule has 8 heteroatoms. The molecule has 0 aliphatic heterocycles. The van der Waals surface area contributed by atoms with Crippen molar-refractivity contribution < 1.29 is 19.8 Å². The van der Waals surface area contributed by atoms with Crippen molar-refractivity contribution in [2.24, 2.45) is 0 Å². The number of amides is 1. The third kappa shape index (κ3) is 2.70. The Bertz CT molecular complexity index is 447. The highest BCUT2D eigenvalue weighted by Crippen LogP contribution is 1.96. The van der Waals surface area contributed by atoms with Crippen molar-refractivity contribution in [2.75, 3.05) is 0 Å². The number of hydrogen-bond acceptors (Lipinski definition) is 4. The number of aliphatic carboxylic acids is 1. The van der Waals surface area contributed by atoms with Gasteiger partial charge in [0.2, 0.25) is 0 Å². The van der Waals surface area contributed by atoms with Crippen molar-refractivity contribution in [1.82, 2.24) is 15.3 Å². The SMILES string of the molecule is C[C@@H](O)[C@H](NC(=O)c1c[nH]c(=O)[nH]1)C(=O)O. The van der Waals surface area contributed by atoms with Crippen molar-refractivity contribution in [3.63, 3.8) is 0 Å². The lowest BCUT2D eigenvalue weighted by Gasteiger charge is -2.16. The summed E-state index contributed by atoms with van der Waals surface area (Å²) in [5, 5.41) is 19.9. The van der Waals surface area contributed by atoms with E-state index in [9.17, 15) is 14.4 Å². The van der Waals surface area contributed by atoms with Crippen molar-refractivity contribution in [2.45, 2.75) is 19.1 Å². The third-order valence-electron chi connectivity index (χ3n) is 1.88. The quantitative estimate of drug-likeness (QED) is 0.418. The van der Waals surface area contributed by atoms with Crippen LogP contribution in [0.3, 0.4) is 0 Å². The molecule has 88 valence electrons. The number of aromatic amines is 2. The fourth-order valence-electron chi connectivity index (χ4n) is 1.06. The topological polar surface area (TPSA) is 135 Å². The van der Waals surface area contributed by atoms with Crippen LogP contribution in [0.2, 0.25) is 0 Å². The molecule has 16 heavy (non-hydrogen) atoms. The summed E-state index contributed by atoms with van der Waals surface area (Å²) in [6, 6.07) is -1.43. The van der Waals surface area contributed by atoms with Crippen LogP contribution in [-0.2, 0) is 4.79 Å². The highest BCUT2D eigenvalue weighted by molar-refractivity contribution is 5.94. The molecular formula is C8H11N3O5. The molecule has 2 atom stereocenters. The molecule has 8 nitrogen and oxygen atoms in total. The number of carboxylic acids is 1. The van der Waals surface area contributed by atoms with Gasteiger partial charge in [-0.3, -0.25) is 4.79 Å². The first-order chi connectivity index (χ1) is 7.41. The van der Waals surface area contributed by atoms with E-state index in [-0.39, 0.29) is 5.69 Å². The van der Waals surface area contributed by atoms with Gasteiger partial charge in [-0.15, -0.1) is 0 Å². The molecule has 0 aliphatic carbocycles. The molecule has 0 aliphatic rings. The lowest BCUT2D eigenvalue weighted by atomic mass is 10.2. The molecule has 5 N–H and O–H groups in total. The molecule has 1 aromatic heterocycles. The fourth-order valence-corrected chi connectivity index (χ4v) is 1.06. The number of aromatic nitrogens is 2. The van der Waals surface area contributed by atoms with Crippen molar-refractivity contribution in [1.29, 1.82) is 0 Å². The molecule has 0 saturated heterocycles. The van der Waals surface area contributed by atoms with Gasteiger partial charge in [0.25, 0.3) is 5.91 Å². The summed E-state index contributed by atoms with van der Waals surface area (Å²) in [4.78, 5) is 37.1. The first kappa shape index (κ1) is 12.0. The van der Waals surface area contributed by atoms with Gasteiger partial charge in [-0.05, 0) is 6.92 Å². The summed E-state index contributed by atoms with van der Waals surface area (Å²) in [5.41, 5.74) is -0.675. The van der Waals surface area contributed by atoms with Gasteiger partial charge >= 0.3 is 11.7 Å². The van der Waals surface area contributed by atoms with Crippen LogP contribution >= 0.6 is 0 Å². The number of carbonyl (C=O) groups excluding carboxylic acids is 1. The first-order valence-electron chi connectivity index (χ1n) is 4.41. The molecule has 0 unspecified atom stereocenters. The van der Waals surface area contributed by atoms with Crippen LogP contribution in [0.15, 0.2) is 11.0 Å². The second-order valence-electron chi connectivity index (χ2n) is 3.19. The maximum Gasteiger partial charge on any atom is 0.328 e. The minimum Gasteiger partial charge on any atom is -0.480 e. The van der Waals surface area contributed by atoms with Gasteiger partial charge in [0.1, 0.15) is 5.69 Å². The van der Waals surface area contributed by atoms with E-state index in [0.29, 0.717) is 0 Å². The summed E-state index contributed by atoms with van der Waals surface area (Å²) in [6.07, 6.45) is -0.134. The van der Waals surface area contributed by atoms with E-state index in [4.69, 9.17) is 10.2 Å². The fraction of sp³-hybridized carbons (Fsp3) is 0.375. The van der Waals surface area contributed by atoms with Crippen molar-refractivity contribution in [3.8, 4) is 0 Å². The first-order valence-corrected chi connectivity index (χ1v) is 4.41. The van der Waals surface area contributed by atoms with Crippen LogP contribution in [0, 0.1) is 0 Å². The van der Waals surface area contributed by atoms with E-state index in [1.807, 2.05) is 0 Å². The Morgan fingerprint density at radius 2 is 2.12 bits per heavy atom. The number of carboxylic acid groups (broad SMARTS) is 1. The van der Waals surface area contributed by atoms with E-state index in [0.717, 1.165) is 6.20 Å². The second-order valence-corrected chi connectivity index (χ2v) is 3.19. The molecule has 1 amide bonds. The zero-order chi connectivity index (χ0) is 12.3. The van der Waals surface area contributed by atoms with Crippen LogP contribution in [0.4, 0.5) is 0 Å². The Morgan fingerprint density at radius 3 is 2.50 bits per heavy atom. The van der Waals surface area contributed by atoms with E-state index in [1.54, 1.807) is 0 Å². The Balaban J connectivity index is 2.76. The monoisotopic (exact) mass is 229 g/mol. The van der Waals surface area contributed by atoms with Crippen LogP contribution < -0.4 is 11.0 Å². The zero-order valence-corrected chi connectivity index (χ0v) is 8.35. The molecule has 1 heterocycles. The lowest BCUT2D eigenvalue weighted by Crippen LogP contribution is -2.47. The molecule has 0 spiro atoms. The maximum absolute atomic E-state index is 11.4. The van der Waals surface area contributed by atoms with E-state index >= 15 is 0 Å². The van der Waals surface area contributed by atoms with Gasteiger partial charge in [-0.1, -0.05) is 0 Å². The number of carbonyl (C=O) groups is 2. The molecule has 1 aromatic rings. The summed E-state index contributed by atoms with van der Waals surface area (Å²) < 4.78 is 0. The molecule has 0 aromatic carbocycles. The largest absolute Gasteiger partial charge is 0.480 e. The maximum atomic E-state index is 11.4. The number of rotatable bonds is 4. The Morgan fingerprint density at radius 1 is 1.50 bits per heavy atom. The molecule has 0 fully saturated rings. The van der Waals surface area contributed by atoms with Crippen LogP contribution in [0.1, 0.15) is 17.4 Å². The van der Waals surface area contributed by atoms with Gasteiger partial charge in [-0.2, -0.15) is 0 Å². The molecule has 1 rings (SSSR count). The minimum absolute atomic E-state index is 0.100. The molecule has 0 saturated carbocycles. The predicted molar refractivity (Wildman–Crippen MR) is 52.0 cm³/mol. The lowest BCUT2D eigenvalue weighted by molar-refractivity contribution is -0.141. The zero-order valence-electron chi connectivity index (χ0n) is 8.35. The van der Waals surface area contributed by atoms with Gasteiger partial charge in [0, 0.05) is 6.20 Å². The Kier molecular flexibility index (Phi) is 3.46. The summed E-state index contributed by atoms with van der Waals surface area (Å²) >= 11 is 0. The minimum atomic E-state index is -1.43. The molecular weight excluding hydrogens is 218 g/mol.